The molecule has 1 aromatic carbocycles. The van der Waals surface area contributed by atoms with Gasteiger partial charge in [0, 0.05) is 18.3 Å². The van der Waals surface area contributed by atoms with Crippen molar-refractivity contribution < 1.29 is 9.53 Å². The molecule has 0 amide bonds. The van der Waals surface area contributed by atoms with E-state index in [1.54, 1.807) is 13.1 Å². The summed E-state index contributed by atoms with van der Waals surface area (Å²) in [6.07, 6.45) is 1.73. The summed E-state index contributed by atoms with van der Waals surface area (Å²) in [6, 6.07) is 11.2. The molecule has 1 atom stereocenters. The van der Waals surface area contributed by atoms with Crippen LogP contribution in [0.5, 0.6) is 0 Å². The van der Waals surface area contributed by atoms with Gasteiger partial charge in [0.05, 0.1) is 5.69 Å². The van der Waals surface area contributed by atoms with Gasteiger partial charge in [0.2, 0.25) is 0 Å². The third-order valence-electron chi connectivity index (χ3n) is 3.09. The van der Waals surface area contributed by atoms with E-state index in [0.717, 1.165) is 11.3 Å². The van der Waals surface area contributed by atoms with Gasteiger partial charge in [-0.25, -0.2) is 9.97 Å². The molecule has 0 saturated heterocycles. The zero-order chi connectivity index (χ0) is 16.9. The summed E-state index contributed by atoms with van der Waals surface area (Å²) in [5, 5.41) is 3.14. The molecular formula is C18H23N3O2. The van der Waals surface area contributed by atoms with Gasteiger partial charge >= 0.3 is 5.97 Å². The van der Waals surface area contributed by atoms with Gasteiger partial charge in [-0.1, -0.05) is 30.3 Å². The first-order chi connectivity index (χ1) is 10.8. The van der Waals surface area contributed by atoms with E-state index in [4.69, 9.17) is 4.74 Å². The highest BCUT2D eigenvalue weighted by molar-refractivity contribution is 5.75. The summed E-state index contributed by atoms with van der Waals surface area (Å²) in [4.78, 5) is 20.8. The van der Waals surface area contributed by atoms with Crippen molar-refractivity contribution in [2.45, 2.75) is 45.9 Å². The van der Waals surface area contributed by atoms with Crippen LogP contribution >= 0.6 is 0 Å². The van der Waals surface area contributed by atoms with Gasteiger partial charge in [-0.3, -0.25) is 10.1 Å². The minimum Gasteiger partial charge on any atom is -0.459 e. The van der Waals surface area contributed by atoms with Crippen molar-refractivity contribution in [2.24, 2.45) is 0 Å². The molecule has 5 nitrogen and oxygen atoms in total. The number of carbonyl (C=O) groups excluding carboxylic acids is 1. The first-order valence-corrected chi connectivity index (χ1v) is 7.69. The number of hydrogen-bond donors (Lipinski definition) is 1. The molecule has 1 heterocycles. The summed E-state index contributed by atoms with van der Waals surface area (Å²) >= 11 is 0. The molecule has 0 aliphatic rings. The maximum atomic E-state index is 12.0. The van der Waals surface area contributed by atoms with Gasteiger partial charge in [-0.15, -0.1) is 0 Å². The Morgan fingerprint density at radius 3 is 2.57 bits per heavy atom. The van der Waals surface area contributed by atoms with Crippen molar-refractivity contribution in [1.29, 1.82) is 0 Å². The average Bonchev–Trinajstić information content (AvgIpc) is 2.52. The quantitative estimate of drug-likeness (QED) is 0.860. The highest BCUT2D eigenvalue weighted by atomic mass is 16.6. The van der Waals surface area contributed by atoms with Crippen molar-refractivity contribution in [3.05, 3.63) is 48.3 Å². The number of hydrogen-bond acceptors (Lipinski definition) is 5. The van der Waals surface area contributed by atoms with Crippen LogP contribution in [-0.4, -0.2) is 27.6 Å². The first kappa shape index (κ1) is 17.1. The molecule has 0 aliphatic heterocycles. The fourth-order valence-corrected chi connectivity index (χ4v) is 1.95. The van der Waals surface area contributed by atoms with E-state index in [1.807, 2.05) is 57.2 Å². The maximum Gasteiger partial charge on any atom is 0.323 e. The molecule has 122 valence electrons. The molecule has 1 N–H and O–H groups in total. The SMILES string of the molecule is C[C@H](NCc1ccnc(-c2ccccc2)n1)C(=O)OC(C)(C)C. The summed E-state index contributed by atoms with van der Waals surface area (Å²) in [5.41, 5.74) is 1.31. The van der Waals surface area contributed by atoms with Crippen molar-refractivity contribution in [1.82, 2.24) is 15.3 Å². The Hall–Kier alpha value is -2.27. The zero-order valence-electron chi connectivity index (χ0n) is 14.0. The molecular weight excluding hydrogens is 290 g/mol. The average molecular weight is 313 g/mol. The van der Waals surface area contributed by atoms with E-state index in [9.17, 15) is 4.79 Å². The fraction of sp³-hybridized carbons (Fsp3) is 0.389. The third kappa shape index (κ3) is 5.45. The standard InChI is InChI=1S/C18H23N3O2/c1-13(17(22)23-18(2,3)4)20-12-15-10-11-19-16(21-15)14-8-6-5-7-9-14/h5-11,13,20H,12H2,1-4H3/t13-/m0/s1. The second-order valence-electron chi connectivity index (χ2n) is 6.37. The monoisotopic (exact) mass is 313 g/mol. The van der Waals surface area contributed by atoms with E-state index in [2.05, 4.69) is 15.3 Å². The molecule has 5 heteroatoms. The number of nitrogens with zero attached hydrogens (tertiary/aromatic N) is 2. The Morgan fingerprint density at radius 1 is 1.22 bits per heavy atom. The first-order valence-electron chi connectivity index (χ1n) is 7.69. The van der Waals surface area contributed by atoms with E-state index in [1.165, 1.54) is 0 Å². The van der Waals surface area contributed by atoms with Crippen LogP contribution in [0.4, 0.5) is 0 Å². The number of nitrogens with one attached hydrogen (secondary N) is 1. The van der Waals surface area contributed by atoms with Gasteiger partial charge in [-0.05, 0) is 33.8 Å². The molecule has 0 fully saturated rings. The lowest BCUT2D eigenvalue weighted by Crippen LogP contribution is -2.39. The number of carbonyl (C=O) groups is 1. The van der Waals surface area contributed by atoms with Crippen LogP contribution in [0.1, 0.15) is 33.4 Å². The van der Waals surface area contributed by atoms with Crippen molar-refractivity contribution in [3.8, 4) is 11.4 Å². The number of ether oxygens (including phenoxy) is 1. The smallest absolute Gasteiger partial charge is 0.323 e. The van der Waals surface area contributed by atoms with Crippen LogP contribution in [0, 0.1) is 0 Å². The normalized spacial score (nSPS) is 12.7. The van der Waals surface area contributed by atoms with Gasteiger partial charge in [-0.2, -0.15) is 0 Å². The van der Waals surface area contributed by atoms with Gasteiger partial charge in [0.15, 0.2) is 5.82 Å². The third-order valence-corrected chi connectivity index (χ3v) is 3.09. The van der Waals surface area contributed by atoms with E-state index in [0.29, 0.717) is 12.4 Å². The summed E-state index contributed by atoms with van der Waals surface area (Å²) in [6.45, 7) is 7.83. The van der Waals surface area contributed by atoms with Crippen LogP contribution in [-0.2, 0) is 16.1 Å². The molecule has 0 aliphatic carbocycles. The molecule has 2 rings (SSSR count). The minimum absolute atomic E-state index is 0.269. The van der Waals surface area contributed by atoms with Gasteiger partial charge in [0.25, 0.3) is 0 Å². The Balaban J connectivity index is 1.97. The van der Waals surface area contributed by atoms with E-state index < -0.39 is 11.6 Å². The summed E-state index contributed by atoms with van der Waals surface area (Å²) in [5.74, 6) is 0.407. The lowest BCUT2D eigenvalue weighted by atomic mass is 10.2. The van der Waals surface area contributed by atoms with E-state index >= 15 is 0 Å². The molecule has 2 aromatic rings. The van der Waals surface area contributed by atoms with Gasteiger partial charge in [0.1, 0.15) is 11.6 Å². The Morgan fingerprint density at radius 2 is 1.91 bits per heavy atom. The van der Waals surface area contributed by atoms with Crippen LogP contribution in [0.2, 0.25) is 0 Å². The molecule has 0 bridgehead atoms. The highest BCUT2D eigenvalue weighted by Crippen LogP contribution is 2.14. The molecule has 0 saturated carbocycles. The topological polar surface area (TPSA) is 64.1 Å². The zero-order valence-corrected chi connectivity index (χ0v) is 14.0. The molecule has 0 radical (unpaired) electrons. The highest BCUT2D eigenvalue weighted by Gasteiger charge is 2.21. The van der Waals surface area contributed by atoms with Crippen molar-refractivity contribution in [3.63, 3.8) is 0 Å². The van der Waals surface area contributed by atoms with Crippen LogP contribution < -0.4 is 5.32 Å². The Kier molecular flexibility index (Phi) is 5.45. The number of rotatable bonds is 5. The van der Waals surface area contributed by atoms with Crippen molar-refractivity contribution in [2.75, 3.05) is 0 Å². The van der Waals surface area contributed by atoms with E-state index in [-0.39, 0.29) is 5.97 Å². The second kappa shape index (κ2) is 7.33. The summed E-state index contributed by atoms with van der Waals surface area (Å²) < 4.78 is 5.35. The van der Waals surface area contributed by atoms with Gasteiger partial charge < -0.3 is 4.74 Å². The molecule has 0 spiro atoms. The Bertz CT molecular complexity index is 651. The van der Waals surface area contributed by atoms with Crippen LogP contribution in [0.15, 0.2) is 42.6 Å². The lowest BCUT2D eigenvalue weighted by Gasteiger charge is -2.22. The predicted octanol–water partition coefficient (Wildman–Crippen LogP) is 2.96. The molecule has 1 aromatic heterocycles. The minimum atomic E-state index is -0.484. The maximum absolute atomic E-state index is 12.0. The van der Waals surface area contributed by atoms with Crippen molar-refractivity contribution >= 4 is 5.97 Å². The lowest BCUT2D eigenvalue weighted by molar-refractivity contribution is -0.157. The second-order valence-corrected chi connectivity index (χ2v) is 6.37. The number of esters is 1. The van der Waals surface area contributed by atoms with Crippen LogP contribution in [0.25, 0.3) is 11.4 Å². The van der Waals surface area contributed by atoms with Crippen LogP contribution in [0.3, 0.4) is 0 Å². The number of aromatic nitrogens is 2. The fourth-order valence-electron chi connectivity index (χ4n) is 1.95. The largest absolute Gasteiger partial charge is 0.459 e. The summed E-state index contributed by atoms with van der Waals surface area (Å²) in [7, 11) is 0. The Labute approximate surface area is 137 Å². The molecule has 23 heavy (non-hydrogen) atoms. The predicted molar refractivity (Wildman–Crippen MR) is 89.6 cm³/mol. The number of benzene rings is 1. The molecule has 0 unspecified atom stereocenters.